The van der Waals surface area contributed by atoms with E-state index in [1.54, 1.807) is 0 Å². The van der Waals surface area contributed by atoms with E-state index in [9.17, 15) is 9.59 Å². The summed E-state index contributed by atoms with van der Waals surface area (Å²) in [5.41, 5.74) is 0. The zero-order chi connectivity index (χ0) is 23.7. The Balaban J connectivity index is 0. The average molecular weight is 447 g/mol. The van der Waals surface area contributed by atoms with Crippen LogP contribution in [0.4, 0.5) is 0 Å². The first-order valence-electron chi connectivity index (χ1n) is 11.9. The summed E-state index contributed by atoms with van der Waals surface area (Å²) in [4.78, 5) is 22.3. The molecule has 0 aromatic carbocycles. The molecule has 0 rings (SSSR count). The molecule has 0 aliphatic heterocycles. The van der Waals surface area contributed by atoms with E-state index in [2.05, 4.69) is 23.8 Å². The van der Waals surface area contributed by atoms with E-state index in [1.807, 2.05) is 0 Å². The van der Waals surface area contributed by atoms with E-state index >= 15 is 0 Å². The number of esters is 2. The highest BCUT2D eigenvalue weighted by atomic mass is 16.6. The fourth-order valence-electron chi connectivity index (χ4n) is 2.65. The van der Waals surface area contributed by atoms with Crippen LogP contribution in [0.3, 0.4) is 0 Å². The third-order valence-corrected chi connectivity index (χ3v) is 4.62. The number of unbranched alkanes of at least 4 members (excludes halogenated alkanes) is 11. The molecule has 0 aromatic rings. The lowest BCUT2D eigenvalue weighted by atomic mass is 10.1. The number of hydrogen-bond acceptors (Lipinski definition) is 7. The third-order valence-electron chi connectivity index (χ3n) is 4.62. The van der Waals surface area contributed by atoms with Crippen molar-refractivity contribution in [3.63, 3.8) is 0 Å². The van der Waals surface area contributed by atoms with Crippen LogP contribution in [0.5, 0.6) is 0 Å². The molecule has 31 heavy (non-hydrogen) atoms. The van der Waals surface area contributed by atoms with Gasteiger partial charge in [-0.25, -0.2) is 4.79 Å². The van der Waals surface area contributed by atoms with Crippen molar-refractivity contribution in [3.05, 3.63) is 12.2 Å². The minimum absolute atomic E-state index is 0.247. The Kier molecular flexibility index (Phi) is 25.7. The Morgan fingerprint density at radius 3 is 1.65 bits per heavy atom. The molecule has 0 fully saturated rings. The van der Waals surface area contributed by atoms with Crippen LogP contribution in [0.15, 0.2) is 12.2 Å². The first-order chi connectivity index (χ1) is 14.9. The number of carbonyl (C=O) groups excluding carboxylic acids is 2. The molecule has 0 amide bonds. The average Bonchev–Trinajstić information content (AvgIpc) is 2.76. The van der Waals surface area contributed by atoms with Gasteiger partial charge in [0, 0.05) is 6.42 Å². The summed E-state index contributed by atoms with van der Waals surface area (Å²) in [5.74, 6) is -1.40. The first kappa shape index (κ1) is 31.9. The van der Waals surface area contributed by atoms with Gasteiger partial charge >= 0.3 is 11.9 Å². The standard InChI is InChI=1S/C21H38O4.C3H8O3/c1-3-4-5-6-7-8-9-10-11-12-13-14-15-16-17-18-20(23)25-21(24)19(2)22;4-1-3(6)2-5/h10-11,19,22H,3-9,12-18H2,1-2H3;3-6H,1-2H2/b11-10-;. The Hall–Kier alpha value is -1.28. The highest BCUT2D eigenvalue weighted by Crippen LogP contribution is 2.10. The molecule has 0 radical (unpaired) electrons. The predicted molar refractivity (Wildman–Crippen MR) is 122 cm³/mol. The molecule has 184 valence electrons. The smallest absolute Gasteiger partial charge is 0.342 e. The molecule has 1 atom stereocenters. The maximum Gasteiger partial charge on any atom is 0.342 e. The van der Waals surface area contributed by atoms with Gasteiger partial charge in [0.15, 0.2) is 0 Å². The predicted octanol–water partition coefficient (Wildman–Crippen LogP) is 3.81. The molecule has 0 aliphatic rings. The highest BCUT2D eigenvalue weighted by Gasteiger charge is 2.14. The van der Waals surface area contributed by atoms with Crippen LogP contribution >= 0.6 is 0 Å². The fourth-order valence-corrected chi connectivity index (χ4v) is 2.65. The van der Waals surface area contributed by atoms with Gasteiger partial charge in [0.25, 0.3) is 0 Å². The minimum Gasteiger partial charge on any atom is -0.394 e. The van der Waals surface area contributed by atoms with Gasteiger partial charge < -0.3 is 25.2 Å². The molecule has 0 saturated heterocycles. The van der Waals surface area contributed by atoms with E-state index < -0.39 is 24.1 Å². The van der Waals surface area contributed by atoms with Crippen LogP contribution in [0.1, 0.15) is 104 Å². The zero-order valence-corrected chi connectivity index (χ0v) is 19.6. The quantitative estimate of drug-likeness (QED) is 0.109. The Morgan fingerprint density at radius 1 is 0.774 bits per heavy atom. The molecule has 0 spiro atoms. The normalized spacial score (nSPS) is 12.0. The number of ether oxygens (including phenoxy) is 1. The van der Waals surface area contributed by atoms with Crippen molar-refractivity contribution in [1.29, 1.82) is 0 Å². The SMILES string of the molecule is CCCCCCCC/C=C\CCCCCCCC(=O)OC(=O)C(C)O.OCC(O)CO. The van der Waals surface area contributed by atoms with Crippen LogP contribution in [0, 0.1) is 0 Å². The van der Waals surface area contributed by atoms with Crippen LogP contribution < -0.4 is 0 Å². The Bertz CT molecular complexity index is 432. The van der Waals surface area contributed by atoms with Crippen LogP contribution in [-0.2, 0) is 14.3 Å². The van der Waals surface area contributed by atoms with E-state index in [4.69, 9.17) is 20.4 Å². The molecule has 1 unspecified atom stereocenters. The van der Waals surface area contributed by atoms with Crippen molar-refractivity contribution < 1.29 is 34.8 Å². The molecule has 0 aliphatic carbocycles. The number of aliphatic hydroxyl groups excluding tert-OH is 4. The molecule has 0 bridgehead atoms. The summed E-state index contributed by atoms with van der Waals surface area (Å²) in [7, 11) is 0. The summed E-state index contributed by atoms with van der Waals surface area (Å²) in [5, 5.41) is 33.0. The van der Waals surface area contributed by atoms with Gasteiger partial charge in [0.05, 0.1) is 13.2 Å². The lowest BCUT2D eigenvalue weighted by molar-refractivity contribution is -0.165. The van der Waals surface area contributed by atoms with Gasteiger partial charge in [-0.2, -0.15) is 0 Å². The summed E-state index contributed by atoms with van der Waals surface area (Å²) in [6, 6.07) is 0. The zero-order valence-electron chi connectivity index (χ0n) is 19.6. The molecule has 0 saturated carbocycles. The van der Waals surface area contributed by atoms with Crippen molar-refractivity contribution in [2.75, 3.05) is 13.2 Å². The number of rotatable bonds is 18. The number of aliphatic hydroxyl groups is 4. The van der Waals surface area contributed by atoms with E-state index in [-0.39, 0.29) is 19.6 Å². The van der Waals surface area contributed by atoms with E-state index in [0.29, 0.717) is 0 Å². The Morgan fingerprint density at radius 2 is 1.23 bits per heavy atom. The fraction of sp³-hybridized carbons (Fsp3) is 0.833. The van der Waals surface area contributed by atoms with Crippen LogP contribution in [0.25, 0.3) is 0 Å². The monoisotopic (exact) mass is 446 g/mol. The highest BCUT2D eigenvalue weighted by molar-refractivity contribution is 5.87. The molecule has 0 aromatic heterocycles. The lowest BCUT2D eigenvalue weighted by Crippen LogP contribution is -2.22. The van der Waals surface area contributed by atoms with Gasteiger partial charge in [-0.3, -0.25) is 4.79 Å². The van der Waals surface area contributed by atoms with Crippen LogP contribution in [0.2, 0.25) is 0 Å². The number of allylic oxidation sites excluding steroid dienone is 2. The number of carbonyl (C=O) groups is 2. The van der Waals surface area contributed by atoms with Gasteiger partial charge in [-0.15, -0.1) is 0 Å². The summed E-state index contributed by atoms with van der Waals surface area (Å²) < 4.78 is 4.49. The van der Waals surface area contributed by atoms with E-state index in [1.165, 1.54) is 64.7 Å². The molecule has 0 heterocycles. The maximum absolute atomic E-state index is 11.3. The van der Waals surface area contributed by atoms with Crippen LogP contribution in [-0.4, -0.2) is 57.8 Å². The summed E-state index contributed by atoms with van der Waals surface area (Å²) in [6.45, 7) is 2.81. The topological polar surface area (TPSA) is 124 Å². The summed E-state index contributed by atoms with van der Waals surface area (Å²) >= 11 is 0. The maximum atomic E-state index is 11.3. The Labute approximate surface area is 188 Å². The van der Waals surface area contributed by atoms with Crippen molar-refractivity contribution in [2.45, 2.75) is 116 Å². The molecule has 7 heteroatoms. The van der Waals surface area contributed by atoms with Gasteiger partial charge in [-0.05, 0) is 39.0 Å². The summed E-state index contributed by atoms with van der Waals surface area (Å²) in [6.07, 6.45) is 18.3. The molecule has 4 N–H and O–H groups in total. The van der Waals surface area contributed by atoms with Crippen molar-refractivity contribution >= 4 is 11.9 Å². The number of hydrogen-bond donors (Lipinski definition) is 4. The van der Waals surface area contributed by atoms with Crippen molar-refractivity contribution in [3.8, 4) is 0 Å². The van der Waals surface area contributed by atoms with Gasteiger partial charge in [-0.1, -0.05) is 70.4 Å². The molecular formula is C24H46O7. The molecule has 7 nitrogen and oxygen atoms in total. The van der Waals surface area contributed by atoms with E-state index in [0.717, 1.165) is 25.7 Å². The second kappa shape index (κ2) is 25.0. The van der Waals surface area contributed by atoms with Gasteiger partial charge in [0.2, 0.25) is 0 Å². The second-order valence-corrected chi connectivity index (χ2v) is 7.82. The second-order valence-electron chi connectivity index (χ2n) is 7.82. The first-order valence-corrected chi connectivity index (χ1v) is 11.9. The minimum atomic E-state index is -1.24. The largest absolute Gasteiger partial charge is 0.394 e. The molecular weight excluding hydrogens is 400 g/mol. The van der Waals surface area contributed by atoms with Gasteiger partial charge in [0.1, 0.15) is 12.2 Å². The third kappa shape index (κ3) is 26.7. The van der Waals surface area contributed by atoms with Crippen molar-refractivity contribution in [1.82, 2.24) is 0 Å². The van der Waals surface area contributed by atoms with Crippen molar-refractivity contribution in [2.24, 2.45) is 0 Å². The lowest BCUT2D eigenvalue weighted by Gasteiger charge is -2.04.